The third-order valence-electron chi connectivity index (χ3n) is 13.5. The Morgan fingerprint density at radius 2 is 1.80 bits per heavy atom. The van der Waals surface area contributed by atoms with Crippen LogP contribution in [-0.2, 0) is 46.5 Å². The summed E-state index contributed by atoms with van der Waals surface area (Å²) < 4.78 is 96.1. The van der Waals surface area contributed by atoms with Crippen LogP contribution in [0.4, 0.5) is 18.0 Å². The number of sulfonamides is 1. The predicted molar refractivity (Wildman–Crippen MR) is 230 cm³/mol. The van der Waals surface area contributed by atoms with Crippen molar-refractivity contribution < 1.29 is 59.7 Å². The number of benzene rings is 1. The smallest absolute Gasteiger partial charge is 0.437 e. The molecule has 3 N–H and O–H groups in total. The number of hydrogen-bond donors (Lipinski definition) is 3. The maximum atomic E-state index is 15.0. The van der Waals surface area contributed by atoms with E-state index in [9.17, 15) is 40.8 Å². The van der Waals surface area contributed by atoms with Crippen LogP contribution in [0.5, 0.6) is 11.5 Å². The number of alkyl halides is 3. The van der Waals surface area contributed by atoms with E-state index in [1.54, 1.807) is 39.0 Å². The molecule has 2 aliphatic carbocycles. The van der Waals surface area contributed by atoms with Gasteiger partial charge in [-0.1, -0.05) is 25.0 Å². The molecule has 5 atom stereocenters. The molecule has 16 nitrogen and oxygen atoms in total. The van der Waals surface area contributed by atoms with Gasteiger partial charge in [-0.2, -0.15) is 13.2 Å². The number of alkyl carbamates (subject to hydrolysis) is 1. The number of fused-ring (bicyclic) bond motifs is 5. The Hall–Kier alpha value is -4.69. The minimum atomic E-state index is -4.95. The second kappa shape index (κ2) is 17.5. The van der Waals surface area contributed by atoms with Crippen LogP contribution in [0, 0.1) is 5.92 Å². The molecule has 2 aromatic rings. The molecular weight excluding hydrogens is 874 g/mol. The summed E-state index contributed by atoms with van der Waals surface area (Å²) in [6.07, 6.45) is 1.16. The van der Waals surface area contributed by atoms with Gasteiger partial charge in [-0.05, 0) is 97.3 Å². The van der Waals surface area contributed by atoms with Crippen LogP contribution in [0.1, 0.15) is 103 Å². The number of carbonyl (C=O) groups excluding carboxylic acids is 4. The number of amides is 4. The number of carbonyl (C=O) groups is 4. The minimum Gasteiger partial charge on any atom is -0.492 e. The fourth-order valence-corrected chi connectivity index (χ4v) is 10.7. The summed E-state index contributed by atoms with van der Waals surface area (Å²) in [6, 6.07) is 2.11. The average molecular weight is 933 g/mol. The first kappa shape index (κ1) is 46.8. The van der Waals surface area contributed by atoms with Gasteiger partial charge in [-0.15, -0.1) is 0 Å². The molecule has 2 saturated heterocycles. The molecule has 20 heteroatoms. The van der Waals surface area contributed by atoms with E-state index in [0.29, 0.717) is 76.0 Å². The second-order valence-electron chi connectivity index (χ2n) is 19.6. The number of ether oxygens (including phenoxy) is 4. The van der Waals surface area contributed by atoms with Crippen LogP contribution in [0.2, 0.25) is 0 Å². The summed E-state index contributed by atoms with van der Waals surface area (Å²) in [4.78, 5) is 64.3. The van der Waals surface area contributed by atoms with Gasteiger partial charge in [0.05, 0.1) is 30.0 Å². The molecule has 5 heterocycles. The van der Waals surface area contributed by atoms with E-state index in [2.05, 4.69) is 25.2 Å². The number of aryl methyl sites for hydroxylation is 1. The highest BCUT2D eigenvalue weighted by atomic mass is 32.2. The number of pyridine rings is 1. The molecule has 0 bridgehead atoms. The molecule has 0 radical (unpaired) electrons. The summed E-state index contributed by atoms with van der Waals surface area (Å²) in [6.45, 7) is 9.96. The Bertz CT molecular complexity index is 2350. The molecule has 4 amide bonds. The van der Waals surface area contributed by atoms with Crippen molar-refractivity contribution in [3.63, 3.8) is 0 Å². The number of nitrogens with one attached hydrogen (secondary N) is 3. The van der Waals surface area contributed by atoms with E-state index in [0.717, 1.165) is 13.1 Å². The van der Waals surface area contributed by atoms with E-state index in [4.69, 9.17) is 18.9 Å². The van der Waals surface area contributed by atoms with Crippen LogP contribution in [0.3, 0.4) is 0 Å². The molecule has 65 heavy (non-hydrogen) atoms. The fraction of sp³-hybridized carbons (Fsp3) is 0.667. The maximum absolute atomic E-state index is 15.0. The van der Waals surface area contributed by atoms with E-state index in [1.807, 2.05) is 6.08 Å². The quantitative estimate of drug-likeness (QED) is 0.303. The van der Waals surface area contributed by atoms with Crippen molar-refractivity contribution in [3.05, 3.63) is 41.6 Å². The SMILES string of the molecule is CC(C)(C)OC(=O)N[C@H]1CCCCC/C=C\[C@@H]2C[C@@]2(C(=O)NS(=O)(=O)C2(C)CC2)NC(=O)[C@@H]2C[C@]3(CCc4c(c(C(F)(F)F)nc5ccc(OCCN6CCOCC6)cc45)O3)CN2C1=O. The molecule has 0 unspecified atom stereocenters. The monoisotopic (exact) mass is 932 g/mol. The minimum absolute atomic E-state index is 0.0560. The summed E-state index contributed by atoms with van der Waals surface area (Å²) >= 11 is 0. The zero-order valence-corrected chi connectivity index (χ0v) is 38.1. The van der Waals surface area contributed by atoms with Gasteiger partial charge in [0.15, 0.2) is 11.4 Å². The van der Waals surface area contributed by atoms with E-state index < -0.39 is 90.9 Å². The van der Waals surface area contributed by atoms with Crippen LogP contribution in [0.25, 0.3) is 10.9 Å². The highest BCUT2D eigenvalue weighted by Gasteiger charge is 2.64. The van der Waals surface area contributed by atoms with Crippen LogP contribution in [-0.4, -0.2) is 127 Å². The van der Waals surface area contributed by atoms with Gasteiger partial charge in [-0.25, -0.2) is 18.2 Å². The molecule has 1 spiro atoms. The van der Waals surface area contributed by atoms with Gasteiger partial charge in [0, 0.05) is 42.9 Å². The van der Waals surface area contributed by atoms with Crippen LogP contribution in [0.15, 0.2) is 30.4 Å². The van der Waals surface area contributed by atoms with Gasteiger partial charge < -0.3 is 34.5 Å². The first-order valence-corrected chi connectivity index (χ1v) is 24.1. The number of aromatic nitrogens is 1. The van der Waals surface area contributed by atoms with E-state index in [1.165, 1.54) is 17.9 Å². The van der Waals surface area contributed by atoms with Gasteiger partial charge in [0.25, 0.3) is 5.91 Å². The summed E-state index contributed by atoms with van der Waals surface area (Å²) in [7, 11) is -4.11. The Morgan fingerprint density at radius 1 is 1.05 bits per heavy atom. The number of allylic oxidation sites excluding steroid dienone is 1. The number of rotatable bonds is 8. The second-order valence-corrected chi connectivity index (χ2v) is 21.8. The Labute approximate surface area is 376 Å². The van der Waals surface area contributed by atoms with Gasteiger partial charge >= 0.3 is 12.3 Å². The lowest BCUT2D eigenvalue weighted by Gasteiger charge is -2.37. The normalized spacial score (nSPS) is 28.9. The summed E-state index contributed by atoms with van der Waals surface area (Å²) in [5.74, 6) is -3.05. The topological polar surface area (TPSA) is 195 Å². The lowest BCUT2D eigenvalue weighted by atomic mass is 9.87. The molecule has 2 saturated carbocycles. The van der Waals surface area contributed by atoms with Crippen LogP contribution >= 0.6 is 0 Å². The Balaban J connectivity index is 1.13. The van der Waals surface area contributed by atoms with Crippen molar-refractivity contribution in [2.45, 2.75) is 138 Å². The third kappa shape index (κ3) is 10.0. The van der Waals surface area contributed by atoms with Gasteiger partial charge in [0.2, 0.25) is 21.8 Å². The zero-order valence-electron chi connectivity index (χ0n) is 37.3. The van der Waals surface area contributed by atoms with Crippen molar-refractivity contribution >= 4 is 44.7 Å². The zero-order chi connectivity index (χ0) is 46.6. The number of hydrogen-bond acceptors (Lipinski definition) is 12. The Kier molecular flexibility index (Phi) is 12.6. The molecule has 4 aliphatic heterocycles. The maximum Gasteiger partial charge on any atom is 0.437 e. The van der Waals surface area contributed by atoms with E-state index >= 15 is 0 Å². The molecule has 356 valence electrons. The highest BCUT2D eigenvalue weighted by molar-refractivity contribution is 7.91. The Morgan fingerprint density at radius 3 is 2.51 bits per heavy atom. The van der Waals surface area contributed by atoms with Crippen molar-refractivity contribution in [2.75, 3.05) is 46.0 Å². The van der Waals surface area contributed by atoms with Crippen molar-refractivity contribution in [1.29, 1.82) is 0 Å². The molecule has 4 fully saturated rings. The van der Waals surface area contributed by atoms with Crippen LogP contribution < -0.4 is 24.8 Å². The van der Waals surface area contributed by atoms with E-state index in [-0.39, 0.29) is 49.7 Å². The molecule has 6 aliphatic rings. The van der Waals surface area contributed by atoms with Gasteiger partial charge in [-0.3, -0.25) is 24.0 Å². The van der Waals surface area contributed by atoms with Crippen molar-refractivity contribution in [3.8, 4) is 11.5 Å². The van der Waals surface area contributed by atoms with Crippen molar-refractivity contribution in [1.82, 2.24) is 30.1 Å². The lowest BCUT2D eigenvalue weighted by Crippen LogP contribution is -2.58. The lowest BCUT2D eigenvalue weighted by molar-refractivity contribution is -0.144. The van der Waals surface area contributed by atoms with Crippen molar-refractivity contribution in [2.24, 2.45) is 5.92 Å². The average Bonchev–Trinajstić information content (AvgIpc) is 4.13. The molecule has 1 aromatic carbocycles. The number of morpholine rings is 1. The number of halogens is 3. The van der Waals surface area contributed by atoms with Gasteiger partial charge in [0.1, 0.15) is 41.2 Å². The first-order valence-electron chi connectivity index (χ1n) is 22.6. The largest absolute Gasteiger partial charge is 0.492 e. The standard InChI is InChI=1S/C45H59F3N6O10S/c1-41(2,3)64-40(58)50-33-11-9-7-5-6-8-10-28-25-44(28,39(57)52-65(59,60)42(4)16-17-42)51-37(55)34-26-43(27-54(34)38(33)56)15-14-30-31-24-29(62-23-20-53-18-21-61-22-19-53)12-13-32(31)49-36(35(30)63-43)45(46,47)48/h8,10,12-13,24,28,33-34H,5-7,9,11,14-23,25-27H2,1-4H3,(H,50,58)(H,51,55)(H,52,57)/b10-8-/t28-,33+,34+,43-,44-/m1/s1. The highest BCUT2D eigenvalue weighted by Crippen LogP contribution is 2.50. The summed E-state index contributed by atoms with van der Waals surface area (Å²) in [5, 5.41) is 5.90. The fourth-order valence-electron chi connectivity index (χ4n) is 9.36. The molecular formula is C45H59F3N6O10S. The molecule has 8 rings (SSSR count). The third-order valence-corrected chi connectivity index (χ3v) is 15.7. The summed E-state index contributed by atoms with van der Waals surface area (Å²) in [5.41, 5.74) is -5.04. The molecule has 1 aromatic heterocycles. The predicted octanol–water partition coefficient (Wildman–Crippen LogP) is 4.92. The number of nitrogens with zero attached hydrogens (tertiary/aromatic N) is 3. The first-order chi connectivity index (χ1) is 30.6.